The maximum atomic E-state index is 11.3. The van der Waals surface area contributed by atoms with Gasteiger partial charge in [0, 0.05) is 11.0 Å². The van der Waals surface area contributed by atoms with Crippen molar-refractivity contribution in [3.8, 4) is 5.75 Å². The van der Waals surface area contributed by atoms with Crippen LogP contribution in [-0.2, 0) is 0 Å². The molecule has 0 spiro atoms. The predicted molar refractivity (Wildman–Crippen MR) is 80.1 cm³/mol. The first-order valence-corrected chi connectivity index (χ1v) is 7.62. The van der Waals surface area contributed by atoms with Gasteiger partial charge in [0.15, 0.2) is 5.78 Å². The van der Waals surface area contributed by atoms with E-state index in [4.69, 9.17) is 4.74 Å². The van der Waals surface area contributed by atoms with Crippen molar-refractivity contribution in [1.29, 1.82) is 0 Å². The fourth-order valence-corrected chi connectivity index (χ4v) is 4.24. The third-order valence-electron chi connectivity index (χ3n) is 6.25. The zero-order valence-corrected chi connectivity index (χ0v) is 12.9. The molecular formula is C18H24O2. The van der Waals surface area contributed by atoms with Crippen LogP contribution in [0, 0.1) is 16.7 Å². The molecule has 20 heavy (non-hydrogen) atoms. The minimum Gasteiger partial charge on any atom is -0.490 e. The van der Waals surface area contributed by atoms with E-state index in [-0.39, 0.29) is 11.2 Å². The number of hydrogen-bond acceptors (Lipinski definition) is 2. The number of Topliss-reactive ketones (excluding diaryl/α,β-unsaturated/α-hetero) is 1. The molecule has 0 heterocycles. The third-order valence-corrected chi connectivity index (χ3v) is 6.25. The molecule has 1 aromatic carbocycles. The first-order chi connectivity index (χ1) is 9.34. The number of carbonyl (C=O) groups is 1. The molecule has 0 aliphatic heterocycles. The molecule has 2 saturated carbocycles. The van der Waals surface area contributed by atoms with E-state index in [9.17, 15) is 4.79 Å². The van der Waals surface area contributed by atoms with Gasteiger partial charge in [-0.15, -0.1) is 0 Å². The van der Waals surface area contributed by atoms with Crippen molar-refractivity contribution < 1.29 is 9.53 Å². The maximum Gasteiger partial charge on any atom is 0.159 e. The average Bonchev–Trinajstić information content (AvgIpc) is 2.72. The van der Waals surface area contributed by atoms with Crippen LogP contribution in [0.3, 0.4) is 0 Å². The van der Waals surface area contributed by atoms with Gasteiger partial charge in [0.05, 0.1) is 0 Å². The molecule has 3 atom stereocenters. The van der Waals surface area contributed by atoms with Gasteiger partial charge >= 0.3 is 0 Å². The van der Waals surface area contributed by atoms with E-state index in [1.54, 1.807) is 6.92 Å². The van der Waals surface area contributed by atoms with E-state index < -0.39 is 0 Å². The summed E-state index contributed by atoms with van der Waals surface area (Å²) in [6.45, 7) is 8.77. The summed E-state index contributed by atoms with van der Waals surface area (Å²) in [5.74, 6) is 1.78. The van der Waals surface area contributed by atoms with Crippen molar-refractivity contribution in [2.24, 2.45) is 16.7 Å². The maximum absolute atomic E-state index is 11.3. The summed E-state index contributed by atoms with van der Waals surface area (Å²) in [6.07, 6.45) is 4.07. The van der Waals surface area contributed by atoms with E-state index >= 15 is 0 Å². The molecule has 3 rings (SSSR count). The van der Waals surface area contributed by atoms with Crippen LogP contribution in [0.4, 0.5) is 0 Å². The van der Waals surface area contributed by atoms with Gasteiger partial charge in [-0.05, 0) is 61.8 Å². The second-order valence-electron chi connectivity index (χ2n) is 7.30. The van der Waals surface area contributed by atoms with Crippen molar-refractivity contribution >= 4 is 5.78 Å². The van der Waals surface area contributed by atoms with E-state index in [2.05, 4.69) is 20.8 Å². The highest BCUT2D eigenvalue weighted by atomic mass is 16.5. The SMILES string of the molecule is CC(=O)c1ccc(OC2CC3CCC2(C)C3(C)C)cc1. The van der Waals surface area contributed by atoms with E-state index in [1.165, 1.54) is 12.8 Å². The lowest BCUT2D eigenvalue weighted by Crippen LogP contribution is -2.38. The van der Waals surface area contributed by atoms with Crippen molar-refractivity contribution in [3.05, 3.63) is 29.8 Å². The van der Waals surface area contributed by atoms with Gasteiger partial charge in [-0.2, -0.15) is 0 Å². The van der Waals surface area contributed by atoms with Crippen molar-refractivity contribution in [3.63, 3.8) is 0 Å². The number of rotatable bonds is 3. The van der Waals surface area contributed by atoms with Crippen LogP contribution in [0.25, 0.3) is 0 Å². The Morgan fingerprint density at radius 1 is 1.20 bits per heavy atom. The lowest BCUT2D eigenvalue weighted by molar-refractivity contribution is 0.0302. The molecule has 2 bridgehead atoms. The molecule has 2 aliphatic rings. The number of fused-ring (bicyclic) bond motifs is 2. The molecule has 0 N–H and O–H groups in total. The zero-order chi connectivity index (χ0) is 14.5. The van der Waals surface area contributed by atoms with Crippen LogP contribution in [-0.4, -0.2) is 11.9 Å². The number of benzene rings is 1. The average molecular weight is 272 g/mol. The molecule has 2 nitrogen and oxygen atoms in total. The Bertz CT molecular complexity index is 529. The summed E-state index contributed by atoms with van der Waals surface area (Å²) < 4.78 is 6.27. The minimum atomic E-state index is 0.101. The Balaban J connectivity index is 1.78. The molecule has 1 aromatic rings. The van der Waals surface area contributed by atoms with Gasteiger partial charge in [0.1, 0.15) is 11.9 Å². The van der Waals surface area contributed by atoms with Crippen LogP contribution in [0.5, 0.6) is 5.75 Å². The second kappa shape index (κ2) is 4.34. The van der Waals surface area contributed by atoms with Gasteiger partial charge in [-0.25, -0.2) is 0 Å². The van der Waals surface area contributed by atoms with Gasteiger partial charge < -0.3 is 4.74 Å². The number of carbonyl (C=O) groups excluding carboxylic acids is 1. The molecule has 0 saturated heterocycles. The zero-order valence-electron chi connectivity index (χ0n) is 12.9. The van der Waals surface area contributed by atoms with Crippen LogP contribution in [0.1, 0.15) is 57.3 Å². The van der Waals surface area contributed by atoms with Gasteiger partial charge in [0.2, 0.25) is 0 Å². The summed E-state index contributed by atoms with van der Waals surface area (Å²) in [5, 5.41) is 0. The molecule has 3 unspecified atom stereocenters. The highest BCUT2D eigenvalue weighted by molar-refractivity contribution is 5.94. The van der Waals surface area contributed by atoms with Crippen LogP contribution in [0.2, 0.25) is 0 Å². The molecule has 0 amide bonds. The monoisotopic (exact) mass is 272 g/mol. The molecule has 0 radical (unpaired) electrons. The Hall–Kier alpha value is -1.31. The van der Waals surface area contributed by atoms with Crippen LogP contribution >= 0.6 is 0 Å². The summed E-state index contributed by atoms with van der Waals surface area (Å²) >= 11 is 0. The Morgan fingerprint density at radius 3 is 2.30 bits per heavy atom. The van der Waals surface area contributed by atoms with Crippen molar-refractivity contribution in [2.75, 3.05) is 0 Å². The lowest BCUT2D eigenvalue weighted by Gasteiger charge is -2.38. The third kappa shape index (κ3) is 1.81. The first kappa shape index (κ1) is 13.7. The molecule has 108 valence electrons. The topological polar surface area (TPSA) is 26.3 Å². The highest BCUT2D eigenvalue weighted by Gasteiger charge is 2.62. The summed E-state index contributed by atoms with van der Waals surface area (Å²) in [4.78, 5) is 11.3. The Labute approximate surface area is 121 Å². The fourth-order valence-electron chi connectivity index (χ4n) is 4.24. The summed E-state index contributed by atoms with van der Waals surface area (Å²) in [6, 6.07) is 7.58. The first-order valence-electron chi connectivity index (χ1n) is 7.62. The van der Waals surface area contributed by atoms with Gasteiger partial charge in [-0.1, -0.05) is 20.8 Å². The minimum absolute atomic E-state index is 0.101. The smallest absolute Gasteiger partial charge is 0.159 e. The van der Waals surface area contributed by atoms with E-state index in [1.807, 2.05) is 24.3 Å². The largest absolute Gasteiger partial charge is 0.490 e. The second-order valence-corrected chi connectivity index (χ2v) is 7.30. The molecular weight excluding hydrogens is 248 g/mol. The quantitative estimate of drug-likeness (QED) is 0.758. The normalized spacial score (nSPS) is 34.2. The highest BCUT2D eigenvalue weighted by Crippen LogP contribution is 2.66. The summed E-state index contributed by atoms with van der Waals surface area (Å²) in [7, 11) is 0. The fraction of sp³-hybridized carbons (Fsp3) is 0.611. The number of hydrogen-bond donors (Lipinski definition) is 0. The van der Waals surface area contributed by atoms with Gasteiger partial charge in [-0.3, -0.25) is 4.79 Å². The molecule has 2 aliphatic carbocycles. The summed E-state index contributed by atoms with van der Waals surface area (Å²) in [5.41, 5.74) is 1.39. The van der Waals surface area contributed by atoms with Gasteiger partial charge in [0.25, 0.3) is 0 Å². The van der Waals surface area contributed by atoms with E-state index in [0.717, 1.165) is 23.7 Å². The van der Waals surface area contributed by atoms with Crippen LogP contribution in [0.15, 0.2) is 24.3 Å². The van der Waals surface area contributed by atoms with E-state index in [0.29, 0.717) is 11.5 Å². The number of ether oxygens (including phenoxy) is 1. The van der Waals surface area contributed by atoms with Crippen molar-refractivity contribution in [2.45, 2.75) is 53.1 Å². The molecule has 0 aromatic heterocycles. The van der Waals surface area contributed by atoms with Crippen LogP contribution < -0.4 is 4.74 Å². The molecule has 2 fully saturated rings. The Kier molecular flexibility index (Phi) is 2.97. The lowest BCUT2D eigenvalue weighted by atomic mass is 9.70. The Morgan fingerprint density at radius 2 is 1.85 bits per heavy atom. The predicted octanol–water partition coefficient (Wildman–Crippen LogP) is 4.48. The van der Waals surface area contributed by atoms with Crippen molar-refractivity contribution in [1.82, 2.24) is 0 Å². The number of ketones is 1. The molecule has 2 heteroatoms. The standard InChI is InChI=1S/C18H24O2/c1-12(19)13-5-7-15(8-6-13)20-16-11-14-9-10-18(16,4)17(14,2)3/h5-8,14,16H,9-11H2,1-4H3.